The molecule has 2 rings (SSSR count). The molecule has 1 unspecified atom stereocenters. The maximum Gasteiger partial charge on any atom is 0.231 e. The Morgan fingerprint density at radius 3 is 3.07 bits per heavy atom. The Morgan fingerprint density at radius 1 is 1.67 bits per heavy atom. The first-order valence-electron chi connectivity index (χ1n) is 4.50. The summed E-state index contributed by atoms with van der Waals surface area (Å²) in [6.45, 7) is 0.697. The molecular formula is C8H11N3O3S. The van der Waals surface area contributed by atoms with E-state index < -0.39 is 6.10 Å². The van der Waals surface area contributed by atoms with Crippen molar-refractivity contribution in [3.63, 3.8) is 0 Å². The van der Waals surface area contributed by atoms with Crippen LogP contribution in [0.2, 0.25) is 0 Å². The van der Waals surface area contributed by atoms with E-state index in [-0.39, 0.29) is 12.3 Å². The Morgan fingerprint density at radius 2 is 2.47 bits per heavy atom. The van der Waals surface area contributed by atoms with Crippen LogP contribution in [0.3, 0.4) is 0 Å². The fourth-order valence-corrected chi connectivity index (χ4v) is 2.25. The van der Waals surface area contributed by atoms with E-state index in [9.17, 15) is 9.90 Å². The molecule has 1 N–H and O–H groups in total. The number of amides is 1. The molecule has 1 aliphatic rings. The molecule has 1 aromatic heterocycles. The third-order valence-electron chi connectivity index (χ3n) is 2.06. The standard InChI is InChI=1S/C8H11N3O3S/c1-14-4-6-9-10-8(15-6)11-3-5(12)2-7(11)13/h5,12H,2-4H2,1H3. The van der Waals surface area contributed by atoms with Crippen molar-refractivity contribution in [2.75, 3.05) is 18.6 Å². The molecule has 1 amide bonds. The van der Waals surface area contributed by atoms with Crippen molar-refractivity contribution in [3.8, 4) is 0 Å². The van der Waals surface area contributed by atoms with E-state index in [1.54, 1.807) is 7.11 Å². The van der Waals surface area contributed by atoms with Gasteiger partial charge in [-0.15, -0.1) is 10.2 Å². The number of nitrogens with zero attached hydrogens (tertiary/aromatic N) is 3. The molecule has 0 spiro atoms. The number of carbonyl (C=O) groups excluding carboxylic acids is 1. The SMILES string of the molecule is COCc1nnc(N2CC(O)CC2=O)s1. The molecule has 1 fully saturated rings. The first-order valence-corrected chi connectivity index (χ1v) is 5.32. The number of rotatable bonds is 3. The number of anilines is 1. The highest BCUT2D eigenvalue weighted by molar-refractivity contribution is 7.15. The third-order valence-corrected chi connectivity index (χ3v) is 2.98. The number of aromatic nitrogens is 2. The van der Waals surface area contributed by atoms with Crippen molar-refractivity contribution in [1.29, 1.82) is 0 Å². The highest BCUT2D eigenvalue weighted by atomic mass is 32.1. The summed E-state index contributed by atoms with van der Waals surface area (Å²) >= 11 is 1.31. The summed E-state index contributed by atoms with van der Waals surface area (Å²) in [7, 11) is 1.58. The molecule has 1 atom stereocenters. The van der Waals surface area contributed by atoms with Gasteiger partial charge in [0.05, 0.1) is 19.1 Å². The summed E-state index contributed by atoms with van der Waals surface area (Å²) < 4.78 is 4.91. The van der Waals surface area contributed by atoms with Gasteiger partial charge in [-0.1, -0.05) is 11.3 Å². The fraction of sp³-hybridized carbons (Fsp3) is 0.625. The van der Waals surface area contributed by atoms with Crippen molar-refractivity contribution in [3.05, 3.63) is 5.01 Å². The van der Waals surface area contributed by atoms with Crippen LogP contribution in [-0.2, 0) is 16.1 Å². The number of aliphatic hydroxyl groups excluding tert-OH is 1. The van der Waals surface area contributed by atoms with Crippen LogP contribution in [0.1, 0.15) is 11.4 Å². The van der Waals surface area contributed by atoms with Gasteiger partial charge in [-0.3, -0.25) is 9.69 Å². The second kappa shape index (κ2) is 4.21. The van der Waals surface area contributed by atoms with Crippen molar-refractivity contribution in [2.45, 2.75) is 19.1 Å². The zero-order valence-corrected chi connectivity index (χ0v) is 9.03. The lowest BCUT2D eigenvalue weighted by molar-refractivity contribution is -0.117. The van der Waals surface area contributed by atoms with E-state index in [0.717, 1.165) is 5.01 Å². The number of hydrogen-bond acceptors (Lipinski definition) is 6. The van der Waals surface area contributed by atoms with Gasteiger partial charge < -0.3 is 9.84 Å². The van der Waals surface area contributed by atoms with E-state index in [1.807, 2.05) is 0 Å². The first-order chi connectivity index (χ1) is 7.20. The minimum Gasteiger partial charge on any atom is -0.391 e. The zero-order valence-electron chi connectivity index (χ0n) is 8.21. The van der Waals surface area contributed by atoms with Crippen molar-refractivity contribution < 1.29 is 14.6 Å². The lowest BCUT2D eigenvalue weighted by atomic mass is 10.3. The molecule has 0 aliphatic carbocycles. The molecule has 1 saturated heterocycles. The Balaban J connectivity index is 2.12. The Labute approximate surface area is 90.5 Å². The highest BCUT2D eigenvalue weighted by Gasteiger charge is 2.31. The average Bonchev–Trinajstić information content (AvgIpc) is 2.73. The molecule has 0 radical (unpaired) electrons. The predicted molar refractivity (Wildman–Crippen MR) is 53.6 cm³/mol. The molecule has 1 aromatic rings. The monoisotopic (exact) mass is 229 g/mol. The van der Waals surface area contributed by atoms with Crippen LogP contribution in [0.5, 0.6) is 0 Å². The molecule has 1 aliphatic heterocycles. The maximum absolute atomic E-state index is 11.4. The van der Waals surface area contributed by atoms with Crippen molar-refractivity contribution in [1.82, 2.24) is 10.2 Å². The molecule has 6 nitrogen and oxygen atoms in total. The summed E-state index contributed by atoms with van der Waals surface area (Å²) in [5.74, 6) is -0.109. The Hall–Kier alpha value is -1.05. The Bertz CT molecular complexity index is 368. The smallest absolute Gasteiger partial charge is 0.231 e. The number of β-amino-alcohol motifs (C(OH)–C–C–N with tert-alkyl or cyclic N) is 1. The summed E-state index contributed by atoms with van der Waals surface area (Å²) in [6, 6.07) is 0. The van der Waals surface area contributed by atoms with E-state index in [1.165, 1.54) is 16.2 Å². The number of methoxy groups -OCH3 is 1. The van der Waals surface area contributed by atoms with Gasteiger partial charge in [0.1, 0.15) is 11.6 Å². The van der Waals surface area contributed by atoms with Crippen LogP contribution < -0.4 is 4.90 Å². The van der Waals surface area contributed by atoms with Crippen LogP contribution in [0.4, 0.5) is 5.13 Å². The topological polar surface area (TPSA) is 75.6 Å². The maximum atomic E-state index is 11.4. The van der Waals surface area contributed by atoms with Gasteiger partial charge >= 0.3 is 0 Å². The molecule has 7 heteroatoms. The zero-order chi connectivity index (χ0) is 10.8. The summed E-state index contributed by atoms with van der Waals surface area (Å²) in [4.78, 5) is 12.9. The second-order valence-corrected chi connectivity index (χ2v) is 4.31. The largest absolute Gasteiger partial charge is 0.391 e. The molecule has 2 heterocycles. The highest BCUT2D eigenvalue weighted by Crippen LogP contribution is 2.25. The van der Waals surface area contributed by atoms with Crippen LogP contribution in [-0.4, -0.2) is 41.0 Å². The van der Waals surface area contributed by atoms with E-state index in [4.69, 9.17) is 4.74 Å². The number of hydrogen-bond donors (Lipinski definition) is 1. The molecule has 0 saturated carbocycles. The summed E-state index contributed by atoms with van der Waals surface area (Å²) in [5.41, 5.74) is 0. The lowest BCUT2D eigenvalue weighted by Crippen LogP contribution is -2.24. The van der Waals surface area contributed by atoms with Gasteiger partial charge in [0.15, 0.2) is 0 Å². The van der Waals surface area contributed by atoms with Gasteiger partial charge in [-0.2, -0.15) is 0 Å². The van der Waals surface area contributed by atoms with Crippen LogP contribution in [0, 0.1) is 0 Å². The third kappa shape index (κ3) is 2.14. The molecule has 0 aromatic carbocycles. The van der Waals surface area contributed by atoms with Crippen LogP contribution in [0.15, 0.2) is 0 Å². The fourth-order valence-electron chi connectivity index (χ4n) is 1.41. The number of carbonyl (C=O) groups is 1. The number of ether oxygens (including phenoxy) is 1. The van der Waals surface area contributed by atoms with E-state index in [2.05, 4.69) is 10.2 Å². The lowest BCUT2D eigenvalue weighted by Gasteiger charge is -2.09. The molecule has 0 bridgehead atoms. The van der Waals surface area contributed by atoms with Gasteiger partial charge in [0.2, 0.25) is 11.0 Å². The van der Waals surface area contributed by atoms with Gasteiger partial charge in [-0.05, 0) is 0 Å². The quantitative estimate of drug-likeness (QED) is 0.775. The molecule has 15 heavy (non-hydrogen) atoms. The van der Waals surface area contributed by atoms with Gasteiger partial charge in [0, 0.05) is 7.11 Å². The normalized spacial score (nSPS) is 21.3. The minimum atomic E-state index is -0.590. The first kappa shape index (κ1) is 10.5. The minimum absolute atomic E-state index is 0.109. The van der Waals surface area contributed by atoms with E-state index >= 15 is 0 Å². The van der Waals surface area contributed by atoms with Crippen molar-refractivity contribution >= 4 is 22.4 Å². The van der Waals surface area contributed by atoms with Crippen LogP contribution >= 0.6 is 11.3 Å². The Kier molecular flexibility index (Phi) is 2.94. The summed E-state index contributed by atoms with van der Waals surface area (Å²) in [6.07, 6.45) is -0.425. The number of aliphatic hydroxyl groups is 1. The van der Waals surface area contributed by atoms with E-state index in [0.29, 0.717) is 18.3 Å². The van der Waals surface area contributed by atoms with Crippen LogP contribution in [0.25, 0.3) is 0 Å². The summed E-state index contributed by atoms with van der Waals surface area (Å²) in [5, 5.41) is 18.3. The molecular weight excluding hydrogens is 218 g/mol. The van der Waals surface area contributed by atoms with Gasteiger partial charge in [0.25, 0.3) is 0 Å². The second-order valence-electron chi connectivity index (χ2n) is 3.27. The average molecular weight is 229 g/mol. The van der Waals surface area contributed by atoms with Gasteiger partial charge in [-0.25, -0.2) is 0 Å². The van der Waals surface area contributed by atoms with Crippen molar-refractivity contribution in [2.24, 2.45) is 0 Å². The predicted octanol–water partition coefficient (Wildman–Crippen LogP) is -0.218. The molecule has 82 valence electrons.